The minimum atomic E-state index is -0.251. The van der Waals surface area contributed by atoms with E-state index in [0.717, 1.165) is 0 Å². The van der Waals surface area contributed by atoms with Gasteiger partial charge in [0, 0.05) is 18.2 Å². The van der Waals surface area contributed by atoms with Gasteiger partial charge in [0.25, 0.3) is 5.91 Å². The molecule has 1 heterocycles. The normalized spacial score (nSPS) is 10.2. The van der Waals surface area contributed by atoms with Gasteiger partial charge >= 0.3 is 0 Å². The molecule has 1 aromatic rings. The fourth-order valence-electron chi connectivity index (χ4n) is 0.846. The van der Waals surface area contributed by atoms with Gasteiger partial charge in [-0.05, 0) is 13.8 Å². The minimum absolute atomic E-state index is 0.173. The highest BCUT2D eigenvalue weighted by Crippen LogP contribution is 1.93. The fraction of sp³-hybridized carbons (Fsp3) is 0.333. The van der Waals surface area contributed by atoms with Gasteiger partial charge in [0.1, 0.15) is 0 Å². The number of carbonyl (C=O) groups excluding carboxylic acids is 1. The molecule has 0 aromatic carbocycles. The summed E-state index contributed by atoms with van der Waals surface area (Å²) < 4.78 is 0.632. The second-order valence-corrected chi connectivity index (χ2v) is 3.20. The molecule has 0 bridgehead atoms. The Labute approximate surface area is 82.3 Å². The summed E-state index contributed by atoms with van der Waals surface area (Å²) in [5.74, 6) is -0.251. The summed E-state index contributed by atoms with van der Waals surface area (Å²) in [4.78, 5) is 11.4. The van der Waals surface area contributed by atoms with Gasteiger partial charge in [-0.3, -0.25) is 10.2 Å². The third-order valence-electron chi connectivity index (χ3n) is 1.54. The zero-order valence-corrected chi connectivity index (χ0v) is 8.15. The number of carbonyl (C=O) groups is 1. The number of nitrogens with zero attached hydrogens (tertiary/aromatic N) is 1. The van der Waals surface area contributed by atoms with Crippen molar-refractivity contribution in [2.45, 2.75) is 19.9 Å². The van der Waals surface area contributed by atoms with Crippen LogP contribution in [0, 0.1) is 5.21 Å². The first-order valence-corrected chi connectivity index (χ1v) is 4.34. The lowest BCUT2D eigenvalue weighted by Crippen LogP contribution is -2.41. The van der Waals surface area contributed by atoms with Gasteiger partial charge in [0.2, 0.25) is 0 Å². The molecule has 5 heteroatoms. The summed E-state index contributed by atoms with van der Waals surface area (Å²) in [6.45, 7) is 3.83. The lowest BCUT2D eigenvalue weighted by Gasteiger charge is -2.09. The number of aromatic nitrogens is 1. The van der Waals surface area contributed by atoms with E-state index < -0.39 is 0 Å². The monoisotopic (exact) mass is 195 g/mol. The van der Waals surface area contributed by atoms with Crippen molar-refractivity contribution in [1.29, 1.82) is 0 Å². The molecule has 0 unspecified atom stereocenters. The molecule has 0 radical (unpaired) electrons. The Kier molecular flexibility index (Phi) is 3.41. The second-order valence-electron chi connectivity index (χ2n) is 3.20. The van der Waals surface area contributed by atoms with Gasteiger partial charge in [-0.15, -0.1) is 0 Å². The molecule has 0 saturated carbocycles. The van der Waals surface area contributed by atoms with E-state index in [-0.39, 0.29) is 11.9 Å². The Morgan fingerprint density at radius 2 is 2.00 bits per heavy atom. The maximum Gasteiger partial charge on any atom is 0.265 e. The van der Waals surface area contributed by atoms with Gasteiger partial charge in [-0.25, -0.2) is 5.43 Å². The Morgan fingerprint density at radius 1 is 1.43 bits per heavy atom. The topological polar surface area (TPSA) is 68.1 Å². The molecular weight excluding hydrogens is 182 g/mol. The Bertz CT molecular complexity index is 308. The van der Waals surface area contributed by atoms with Crippen molar-refractivity contribution in [3.8, 4) is 0 Å². The van der Waals surface area contributed by atoms with Gasteiger partial charge in [-0.1, -0.05) is 0 Å². The van der Waals surface area contributed by atoms with E-state index in [2.05, 4.69) is 10.9 Å². The van der Waals surface area contributed by atoms with Crippen LogP contribution in [0.4, 0.5) is 0 Å². The maximum absolute atomic E-state index is 11.4. The minimum Gasteiger partial charge on any atom is -0.619 e. The number of hydrogen-bond acceptors (Lipinski definition) is 3. The lowest BCUT2D eigenvalue weighted by atomic mass is 10.2. The van der Waals surface area contributed by atoms with Crippen LogP contribution in [0.3, 0.4) is 0 Å². The molecule has 0 saturated heterocycles. The summed E-state index contributed by atoms with van der Waals surface area (Å²) in [6, 6.07) is 3.10. The lowest BCUT2D eigenvalue weighted by molar-refractivity contribution is -0.605. The highest BCUT2D eigenvalue weighted by molar-refractivity contribution is 5.93. The second kappa shape index (κ2) is 4.57. The Hall–Kier alpha value is -1.62. The van der Waals surface area contributed by atoms with Gasteiger partial charge in [0.05, 0.1) is 5.56 Å². The van der Waals surface area contributed by atoms with E-state index in [1.807, 2.05) is 13.8 Å². The largest absolute Gasteiger partial charge is 0.619 e. The first-order valence-electron chi connectivity index (χ1n) is 4.34. The molecule has 14 heavy (non-hydrogen) atoms. The molecule has 0 atom stereocenters. The predicted molar refractivity (Wildman–Crippen MR) is 51.1 cm³/mol. The highest BCUT2D eigenvalue weighted by Gasteiger charge is 2.05. The van der Waals surface area contributed by atoms with Crippen LogP contribution in [0.5, 0.6) is 0 Å². The van der Waals surface area contributed by atoms with E-state index in [9.17, 15) is 10.0 Å². The van der Waals surface area contributed by atoms with Crippen LogP contribution in [-0.2, 0) is 0 Å². The molecule has 0 spiro atoms. The number of hydrazine groups is 1. The van der Waals surface area contributed by atoms with Crippen molar-refractivity contribution in [3.63, 3.8) is 0 Å². The number of amides is 1. The van der Waals surface area contributed by atoms with Crippen LogP contribution in [0.2, 0.25) is 0 Å². The van der Waals surface area contributed by atoms with E-state index >= 15 is 0 Å². The van der Waals surface area contributed by atoms with E-state index in [0.29, 0.717) is 10.3 Å². The average molecular weight is 195 g/mol. The molecule has 5 nitrogen and oxygen atoms in total. The van der Waals surface area contributed by atoms with E-state index in [1.54, 1.807) is 0 Å². The van der Waals surface area contributed by atoms with Crippen LogP contribution >= 0.6 is 0 Å². The first-order chi connectivity index (χ1) is 6.59. The van der Waals surface area contributed by atoms with Crippen LogP contribution in [0.1, 0.15) is 24.2 Å². The molecule has 2 N–H and O–H groups in total. The zero-order valence-electron chi connectivity index (χ0n) is 8.15. The quantitative estimate of drug-likeness (QED) is 0.404. The van der Waals surface area contributed by atoms with Crippen LogP contribution in [0.15, 0.2) is 24.5 Å². The van der Waals surface area contributed by atoms with Crippen LogP contribution in [0.25, 0.3) is 0 Å². The molecule has 0 fully saturated rings. The Balaban J connectivity index is 2.57. The molecule has 0 aliphatic heterocycles. The van der Waals surface area contributed by atoms with Crippen LogP contribution in [-0.4, -0.2) is 11.9 Å². The molecular formula is C9H13N3O2. The van der Waals surface area contributed by atoms with Crippen molar-refractivity contribution in [3.05, 3.63) is 35.3 Å². The van der Waals surface area contributed by atoms with Crippen LogP contribution < -0.4 is 15.6 Å². The molecule has 1 rings (SSSR count). The van der Waals surface area contributed by atoms with Crippen molar-refractivity contribution in [1.82, 2.24) is 10.9 Å². The number of pyridine rings is 1. The summed E-state index contributed by atoms with van der Waals surface area (Å²) >= 11 is 0. The molecule has 1 aromatic heterocycles. The highest BCUT2D eigenvalue weighted by atomic mass is 16.5. The number of rotatable bonds is 3. The van der Waals surface area contributed by atoms with Crippen molar-refractivity contribution < 1.29 is 9.52 Å². The zero-order chi connectivity index (χ0) is 10.6. The molecule has 76 valence electrons. The third-order valence-corrected chi connectivity index (χ3v) is 1.54. The smallest absolute Gasteiger partial charge is 0.265 e. The SMILES string of the molecule is CC(C)NNC(=O)c1cc[n+]([O-])cc1. The number of hydrogen-bond donors (Lipinski definition) is 2. The average Bonchev–Trinajstić information content (AvgIpc) is 2.15. The van der Waals surface area contributed by atoms with Crippen molar-refractivity contribution in [2.75, 3.05) is 0 Å². The van der Waals surface area contributed by atoms with E-state index in [1.165, 1.54) is 24.5 Å². The Morgan fingerprint density at radius 3 is 2.50 bits per heavy atom. The summed E-state index contributed by atoms with van der Waals surface area (Å²) in [5.41, 5.74) is 5.74. The van der Waals surface area contributed by atoms with Crippen molar-refractivity contribution >= 4 is 5.91 Å². The summed E-state index contributed by atoms with van der Waals surface area (Å²) in [7, 11) is 0. The van der Waals surface area contributed by atoms with E-state index in [4.69, 9.17) is 0 Å². The predicted octanol–water partition coefficient (Wildman–Crippen LogP) is -0.0372. The number of nitrogens with one attached hydrogen (secondary N) is 2. The molecule has 0 aliphatic rings. The van der Waals surface area contributed by atoms with Crippen molar-refractivity contribution in [2.24, 2.45) is 0 Å². The molecule has 1 amide bonds. The fourth-order valence-corrected chi connectivity index (χ4v) is 0.846. The van der Waals surface area contributed by atoms with Gasteiger partial charge in [0.15, 0.2) is 12.4 Å². The summed E-state index contributed by atoms with van der Waals surface area (Å²) in [5, 5.41) is 10.7. The first kappa shape index (κ1) is 10.5. The maximum atomic E-state index is 11.4. The van der Waals surface area contributed by atoms with Gasteiger partial charge in [-0.2, -0.15) is 4.73 Å². The standard InChI is InChI=1S/C9H13N3O2/c1-7(2)10-11-9(13)8-3-5-12(14)6-4-8/h3-7,10H,1-2H3,(H,11,13). The third kappa shape index (κ3) is 3.02. The van der Waals surface area contributed by atoms with Gasteiger partial charge < -0.3 is 5.21 Å². The summed E-state index contributed by atoms with van der Waals surface area (Å²) in [6.07, 6.45) is 2.56. The molecule has 0 aliphatic carbocycles.